The molecular formula is C25H23ClN2O8. The maximum Gasteiger partial charge on any atom is 0.422 e. The molecule has 10 nitrogen and oxygen atoms in total. The summed E-state index contributed by atoms with van der Waals surface area (Å²) in [6.45, 7) is -0.191. The zero-order valence-corrected chi connectivity index (χ0v) is 19.6. The molecule has 0 amide bonds. The average Bonchev–Trinajstić information content (AvgIpc) is 3.14. The highest BCUT2D eigenvalue weighted by Gasteiger charge is 2.53. The van der Waals surface area contributed by atoms with Gasteiger partial charge in [-0.2, -0.15) is 0 Å². The number of ether oxygens (including phenoxy) is 3. The normalized spacial score (nSPS) is 16.2. The van der Waals surface area contributed by atoms with Gasteiger partial charge in [0.2, 0.25) is 5.88 Å². The van der Waals surface area contributed by atoms with Crippen LogP contribution >= 0.6 is 11.6 Å². The minimum atomic E-state index is -2.56. The van der Waals surface area contributed by atoms with Gasteiger partial charge in [0.05, 0.1) is 12.7 Å². The van der Waals surface area contributed by atoms with E-state index in [0.29, 0.717) is 33.3 Å². The highest BCUT2D eigenvalue weighted by atomic mass is 35.5. The molecule has 0 bridgehead atoms. The molecule has 2 aromatic carbocycles. The van der Waals surface area contributed by atoms with Crippen LogP contribution in [-0.4, -0.2) is 50.8 Å². The molecule has 1 aromatic heterocycles. The molecule has 2 heterocycles. The molecule has 0 aliphatic carbocycles. The summed E-state index contributed by atoms with van der Waals surface area (Å²) >= 11 is 5.98. The number of rotatable bonds is 10. The number of hydrogen-bond acceptors (Lipinski definition) is 10. The predicted molar refractivity (Wildman–Crippen MR) is 126 cm³/mol. The van der Waals surface area contributed by atoms with Crippen molar-refractivity contribution in [2.45, 2.75) is 31.1 Å². The highest BCUT2D eigenvalue weighted by molar-refractivity contribution is 6.31. The van der Waals surface area contributed by atoms with Crippen LogP contribution < -0.4 is 10.1 Å². The number of halogens is 1. The second-order valence-corrected chi connectivity index (χ2v) is 8.49. The van der Waals surface area contributed by atoms with E-state index in [2.05, 4.69) is 10.3 Å². The lowest BCUT2D eigenvalue weighted by atomic mass is 10.0. The monoisotopic (exact) mass is 514 g/mol. The summed E-state index contributed by atoms with van der Waals surface area (Å²) in [6, 6.07) is 15.6. The topological polar surface area (TPSA) is 147 Å². The molecule has 36 heavy (non-hydrogen) atoms. The fourth-order valence-corrected chi connectivity index (χ4v) is 3.74. The van der Waals surface area contributed by atoms with E-state index in [1.165, 1.54) is 6.20 Å². The molecular weight excluding hydrogens is 492 g/mol. The lowest BCUT2D eigenvalue weighted by Crippen LogP contribution is -2.54. The second-order valence-electron chi connectivity index (χ2n) is 8.05. The molecule has 188 valence electrons. The van der Waals surface area contributed by atoms with Gasteiger partial charge in [-0.05, 0) is 53.4 Å². The van der Waals surface area contributed by atoms with Crippen LogP contribution in [-0.2, 0) is 32.1 Å². The Kier molecular flexibility index (Phi) is 7.82. The number of pyridine rings is 1. The summed E-state index contributed by atoms with van der Waals surface area (Å²) in [5.74, 6) is -4.36. The number of aromatic nitrogens is 1. The molecule has 1 fully saturated rings. The van der Waals surface area contributed by atoms with E-state index in [9.17, 15) is 19.8 Å². The maximum atomic E-state index is 11.6. The Hall–Kier alpha value is -3.54. The van der Waals surface area contributed by atoms with Crippen molar-refractivity contribution in [2.75, 3.05) is 6.54 Å². The third-order valence-corrected chi connectivity index (χ3v) is 5.68. The van der Waals surface area contributed by atoms with Crippen LogP contribution in [0.2, 0.25) is 5.02 Å². The van der Waals surface area contributed by atoms with E-state index in [0.717, 1.165) is 0 Å². The van der Waals surface area contributed by atoms with Crippen molar-refractivity contribution >= 4 is 23.5 Å². The summed E-state index contributed by atoms with van der Waals surface area (Å²) in [6.07, 6.45) is 0.550. The Balaban J connectivity index is 1.46. The number of carbonyl (C=O) groups excluding carboxylic acids is 2. The molecule has 0 saturated carbocycles. The molecule has 0 spiro atoms. The van der Waals surface area contributed by atoms with Gasteiger partial charge in [0.1, 0.15) is 11.8 Å². The van der Waals surface area contributed by atoms with Gasteiger partial charge in [-0.3, -0.25) is 0 Å². The molecule has 11 heteroatoms. The highest BCUT2D eigenvalue weighted by Crippen LogP contribution is 2.27. The first-order valence-electron chi connectivity index (χ1n) is 10.9. The lowest BCUT2D eigenvalue weighted by Gasteiger charge is -2.30. The average molecular weight is 515 g/mol. The molecule has 1 aliphatic rings. The number of carbonyl (C=O) groups is 2. The third-order valence-electron chi connectivity index (χ3n) is 5.44. The van der Waals surface area contributed by atoms with Crippen LogP contribution in [0.3, 0.4) is 0 Å². The molecule has 0 radical (unpaired) electrons. The van der Waals surface area contributed by atoms with E-state index in [1.54, 1.807) is 60.7 Å². The molecule has 1 saturated heterocycles. The van der Waals surface area contributed by atoms with Gasteiger partial charge in [0.25, 0.3) is 0 Å². The first-order valence-corrected chi connectivity index (χ1v) is 11.3. The van der Waals surface area contributed by atoms with Crippen molar-refractivity contribution in [2.24, 2.45) is 0 Å². The quantitative estimate of drug-likeness (QED) is 0.234. The number of aliphatic hydroxyl groups excluding tert-OH is 2. The summed E-state index contributed by atoms with van der Waals surface area (Å²) in [5, 5.41) is 33.8. The number of aliphatic hydroxyl groups is 3. The van der Waals surface area contributed by atoms with Gasteiger partial charge in [-0.15, -0.1) is 0 Å². The number of benzene rings is 2. The van der Waals surface area contributed by atoms with Crippen LogP contribution in [0, 0.1) is 0 Å². The Morgan fingerprint density at radius 1 is 1.03 bits per heavy atom. The Labute approximate surface area is 211 Å². The summed E-state index contributed by atoms with van der Waals surface area (Å²) in [7, 11) is 0. The van der Waals surface area contributed by atoms with E-state index >= 15 is 0 Å². The molecule has 2 atom stereocenters. The fraction of sp³-hybridized carbons (Fsp3) is 0.240. The number of esters is 2. The van der Waals surface area contributed by atoms with Gasteiger partial charge < -0.3 is 34.8 Å². The zero-order valence-electron chi connectivity index (χ0n) is 18.8. The first-order chi connectivity index (χ1) is 17.3. The Bertz CT molecular complexity index is 1200. The maximum absolute atomic E-state index is 11.6. The largest absolute Gasteiger partial charge is 0.439 e. The van der Waals surface area contributed by atoms with E-state index < -0.39 is 30.1 Å². The lowest BCUT2D eigenvalue weighted by molar-refractivity contribution is -0.307. The van der Waals surface area contributed by atoms with E-state index in [4.69, 9.17) is 30.9 Å². The molecule has 4 rings (SSSR count). The predicted octanol–water partition coefficient (Wildman–Crippen LogP) is 2.00. The summed E-state index contributed by atoms with van der Waals surface area (Å²) < 4.78 is 15.3. The van der Waals surface area contributed by atoms with Crippen LogP contribution in [0.25, 0.3) is 0 Å². The van der Waals surface area contributed by atoms with Crippen LogP contribution in [0.1, 0.15) is 22.8 Å². The van der Waals surface area contributed by atoms with Crippen molar-refractivity contribution in [3.8, 4) is 11.6 Å². The molecule has 4 N–H and O–H groups in total. The number of nitrogens with one attached hydrogen (secondary N) is 1. The van der Waals surface area contributed by atoms with Gasteiger partial charge >= 0.3 is 17.9 Å². The van der Waals surface area contributed by atoms with Crippen molar-refractivity contribution in [1.82, 2.24) is 10.3 Å². The van der Waals surface area contributed by atoms with Crippen molar-refractivity contribution in [3.05, 3.63) is 88.6 Å². The minimum absolute atomic E-state index is 0.0586. The molecule has 3 aromatic rings. The fourth-order valence-electron chi connectivity index (χ4n) is 3.54. The van der Waals surface area contributed by atoms with Crippen molar-refractivity contribution < 1.29 is 39.1 Å². The van der Waals surface area contributed by atoms with Crippen LogP contribution in [0.15, 0.2) is 66.9 Å². The van der Waals surface area contributed by atoms with E-state index in [1.807, 2.05) is 0 Å². The summed E-state index contributed by atoms with van der Waals surface area (Å²) in [5.41, 5.74) is 1.86. The number of cyclic esters (lactones) is 2. The van der Waals surface area contributed by atoms with Gasteiger partial charge in [-0.25, -0.2) is 14.6 Å². The second kappa shape index (κ2) is 11.0. The minimum Gasteiger partial charge on any atom is -0.439 e. The number of nitrogens with zero attached hydrogens (tertiary/aromatic N) is 1. The third kappa shape index (κ3) is 6.17. The van der Waals surface area contributed by atoms with Crippen LogP contribution in [0.5, 0.6) is 11.6 Å². The zero-order chi connectivity index (χ0) is 25.7. The molecule has 0 unspecified atom stereocenters. The standard InChI is InChI=1S/C25H23ClN2O8/c26-18-3-1-2-17(11-18)20(30)13-27-21(25(33)35-23(31)24(32)36-25)10-15-4-7-19(8-5-15)34-22-9-6-16(14-29)12-28-22/h1-9,11-12,20-21,27,29-30,33H,10,13-14H2/t20-,21-/m0/s1. The van der Waals surface area contributed by atoms with Gasteiger partial charge in [-0.1, -0.05) is 35.9 Å². The Morgan fingerprint density at radius 2 is 1.72 bits per heavy atom. The molecule has 1 aliphatic heterocycles. The smallest absolute Gasteiger partial charge is 0.422 e. The SMILES string of the molecule is O=C1OC(O)([C@H](Cc2ccc(Oc3ccc(CO)cn3)cc2)NC[C@H](O)c2cccc(Cl)c2)OC1=O. The van der Waals surface area contributed by atoms with Gasteiger partial charge in [0.15, 0.2) is 0 Å². The van der Waals surface area contributed by atoms with Crippen molar-refractivity contribution in [3.63, 3.8) is 0 Å². The van der Waals surface area contributed by atoms with Gasteiger partial charge in [0, 0.05) is 23.8 Å². The van der Waals surface area contributed by atoms with E-state index in [-0.39, 0.29) is 19.6 Å². The number of hydrogen-bond donors (Lipinski definition) is 4. The first kappa shape index (κ1) is 25.5. The van der Waals surface area contributed by atoms with Crippen molar-refractivity contribution in [1.29, 1.82) is 0 Å². The summed E-state index contributed by atoms with van der Waals surface area (Å²) in [4.78, 5) is 27.3. The Morgan fingerprint density at radius 3 is 2.33 bits per heavy atom. The van der Waals surface area contributed by atoms with Crippen LogP contribution in [0.4, 0.5) is 0 Å².